The summed E-state index contributed by atoms with van der Waals surface area (Å²) in [7, 11) is 0. The first-order valence-electron chi connectivity index (χ1n) is 6.93. The van der Waals surface area contributed by atoms with Crippen LogP contribution in [0.5, 0.6) is 0 Å². The zero-order chi connectivity index (χ0) is 13.1. The zero-order valence-electron chi connectivity index (χ0n) is 11.1. The van der Waals surface area contributed by atoms with Gasteiger partial charge in [-0.1, -0.05) is 0 Å². The molecule has 2 aliphatic heterocycles. The van der Waals surface area contributed by atoms with Crippen molar-refractivity contribution in [3.8, 4) is 0 Å². The molecule has 2 heterocycles. The molecule has 2 unspecified atom stereocenters. The summed E-state index contributed by atoms with van der Waals surface area (Å²) in [4.78, 5) is 27.8. The second-order valence-corrected chi connectivity index (χ2v) is 5.48. The van der Waals surface area contributed by atoms with Gasteiger partial charge in [-0.3, -0.25) is 9.59 Å². The van der Waals surface area contributed by atoms with Gasteiger partial charge in [0.25, 0.3) is 0 Å². The number of piperidine rings is 1. The van der Waals surface area contributed by atoms with Crippen LogP contribution >= 0.6 is 0 Å². The number of nitrogens with zero attached hydrogens (tertiary/aromatic N) is 2. The molecule has 2 saturated heterocycles. The number of amides is 2. The molecule has 2 N–H and O–H groups in total. The lowest BCUT2D eigenvalue weighted by molar-refractivity contribution is -0.157. The minimum absolute atomic E-state index is 0.111. The minimum atomic E-state index is -0.185. The fraction of sp³-hybridized carbons (Fsp3) is 0.846. The van der Waals surface area contributed by atoms with Crippen molar-refractivity contribution in [3.05, 3.63) is 0 Å². The minimum Gasteiger partial charge on any atom is -0.332 e. The quantitative estimate of drug-likeness (QED) is 0.785. The number of piperazine rings is 1. The molecule has 2 amide bonds. The highest BCUT2D eigenvalue weighted by Gasteiger charge is 2.39. The topological polar surface area (TPSA) is 66.6 Å². The van der Waals surface area contributed by atoms with E-state index in [2.05, 4.69) is 0 Å². The molecule has 0 bridgehead atoms. The molecule has 2 atom stereocenters. The van der Waals surface area contributed by atoms with Crippen LogP contribution in [0.1, 0.15) is 39.0 Å². The molecule has 2 aliphatic rings. The van der Waals surface area contributed by atoms with Crippen LogP contribution in [0.4, 0.5) is 0 Å². The number of fused-ring (bicyclic) bond motifs is 1. The molecule has 102 valence electrons. The van der Waals surface area contributed by atoms with Crippen molar-refractivity contribution in [2.45, 2.75) is 51.1 Å². The van der Waals surface area contributed by atoms with Crippen molar-refractivity contribution in [1.29, 1.82) is 0 Å². The van der Waals surface area contributed by atoms with E-state index in [-0.39, 0.29) is 30.4 Å². The summed E-state index contributed by atoms with van der Waals surface area (Å²) in [5.41, 5.74) is 5.70. The smallest absolute Gasteiger partial charge is 0.245 e. The molecule has 0 aromatic rings. The van der Waals surface area contributed by atoms with Gasteiger partial charge in [-0.05, 0) is 39.0 Å². The lowest BCUT2D eigenvalue weighted by Crippen LogP contribution is -2.61. The molecule has 18 heavy (non-hydrogen) atoms. The van der Waals surface area contributed by atoms with Crippen LogP contribution in [0, 0.1) is 0 Å². The van der Waals surface area contributed by atoms with Gasteiger partial charge in [0.05, 0.1) is 6.54 Å². The van der Waals surface area contributed by atoms with Gasteiger partial charge in [0, 0.05) is 19.1 Å². The molecule has 5 nitrogen and oxygen atoms in total. The zero-order valence-corrected chi connectivity index (χ0v) is 11.1. The lowest BCUT2D eigenvalue weighted by Gasteiger charge is -2.42. The van der Waals surface area contributed by atoms with E-state index in [0.717, 1.165) is 38.6 Å². The highest BCUT2D eigenvalue weighted by atomic mass is 16.2. The van der Waals surface area contributed by atoms with Gasteiger partial charge in [0.1, 0.15) is 6.04 Å². The predicted molar refractivity (Wildman–Crippen MR) is 68.8 cm³/mol. The van der Waals surface area contributed by atoms with Crippen LogP contribution < -0.4 is 5.73 Å². The van der Waals surface area contributed by atoms with E-state index in [0.29, 0.717) is 6.54 Å². The van der Waals surface area contributed by atoms with E-state index in [4.69, 9.17) is 5.73 Å². The van der Waals surface area contributed by atoms with E-state index < -0.39 is 0 Å². The van der Waals surface area contributed by atoms with Gasteiger partial charge in [-0.15, -0.1) is 0 Å². The Balaban J connectivity index is 1.92. The molecular weight excluding hydrogens is 230 g/mol. The maximum atomic E-state index is 12.3. The first kappa shape index (κ1) is 13.3. The maximum Gasteiger partial charge on any atom is 0.245 e. The number of carbonyl (C=O) groups is 2. The molecule has 0 aliphatic carbocycles. The highest BCUT2D eigenvalue weighted by Crippen LogP contribution is 2.23. The average molecular weight is 253 g/mol. The third-order valence-electron chi connectivity index (χ3n) is 3.83. The summed E-state index contributed by atoms with van der Waals surface area (Å²) < 4.78 is 0. The Morgan fingerprint density at radius 3 is 2.89 bits per heavy atom. The predicted octanol–water partition coefficient (Wildman–Crippen LogP) is 0.337. The van der Waals surface area contributed by atoms with Crippen LogP contribution in [0.3, 0.4) is 0 Å². The molecule has 0 radical (unpaired) electrons. The van der Waals surface area contributed by atoms with Crippen molar-refractivity contribution in [2.24, 2.45) is 5.73 Å². The van der Waals surface area contributed by atoms with Gasteiger partial charge >= 0.3 is 0 Å². The van der Waals surface area contributed by atoms with Crippen LogP contribution in [0.25, 0.3) is 0 Å². The van der Waals surface area contributed by atoms with Crippen molar-refractivity contribution in [2.75, 3.05) is 19.6 Å². The first-order chi connectivity index (χ1) is 8.59. The first-order valence-corrected chi connectivity index (χ1v) is 6.93. The molecule has 5 heteroatoms. The van der Waals surface area contributed by atoms with E-state index in [1.165, 1.54) is 0 Å². The van der Waals surface area contributed by atoms with E-state index >= 15 is 0 Å². The Kier molecular flexibility index (Phi) is 4.22. The molecule has 2 fully saturated rings. The third kappa shape index (κ3) is 2.83. The van der Waals surface area contributed by atoms with Gasteiger partial charge in [-0.25, -0.2) is 0 Å². The Hall–Kier alpha value is -1.10. The van der Waals surface area contributed by atoms with Crippen LogP contribution in [-0.4, -0.2) is 53.3 Å². The Morgan fingerprint density at radius 1 is 1.39 bits per heavy atom. The number of hydrogen-bond acceptors (Lipinski definition) is 3. The van der Waals surface area contributed by atoms with Crippen LogP contribution in [0.15, 0.2) is 0 Å². The van der Waals surface area contributed by atoms with E-state index in [1.807, 2.05) is 6.92 Å². The van der Waals surface area contributed by atoms with E-state index in [9.17, 15) is 9.59 Å². The number of nitrogens with two attached hydrogens (primary N) is 1. The molecule has 0 saturated carbocycles. The van der Waals surface area contributed by atoms with Crippen LogP contribution in [-0.2, 0) is 9.59 Å². The summed E-state index contributed by atoms with van der Waals surface area (Å²) in [5.74, 6) is 0.249. The molecule has 0 aromatic heterocycles. The Labute approximate surface area is 108 Å². The summed E-state index contributed by atoms with van der Waals surface area (Å²) in [6.07, 6.45) is 4.68. The summed E-state index contributed by atoms with van der Waals surface area (Å²) in [6.45, 7) is 3.64. The van der Waals surface area contributed by atoms with Crippen molar-refractivity contribution in [1.82, 2.24) is 9.80 Å². The SMILES string of the molecule is CC(N)CCCN1CC(=O)N2CCCCC2C1=O. The fourth-order valence-corrected chi connectivity index (χ4v) is 2.82. The second-order valence-electron chi connectivity index (χ2n) is 5.48. The van der Waals surface area contributed by atoms with Gasteiger partial charge in [-0.2, -0.15) is 0 Å². The second kappa shape index (κ2) is 5.69. The average Bonchev–Trinajstić information content (AvgIpc) is 2.35. The highest BCUT2D eigenvalue weighted by molar-refractivity contribution is 5.95. The van der Waals surface area contributed by atoms with Crippen LogP contribution in [0.2, 0.25) is 0 Å². The van der Waals surface area contributed by atoms with Gasteiger partial charge < -0.3 is 15.5 Å². The summed E-state index contributed by atoms with van der Waals surface area (Å²) in [5, 5.41) is 0. The third-order valence-corrected chi connectivity index (χ3v) is 3.83. The lowest BCUT2D eigenvalue weighted by atomic mass is 9.98. The molecule has 0 aromatic carbocycles. The van der Waals surface area contributed by atoms with Crippen molar-refractivity contribution >= 4 is 11.8 Å². The normalized spacial score (nSPS) is 26.2. The molecular formula is C13H23N3O2. The Bertz CT molecular complexity index is 330. The maximum absolute atomic E-state index is 12.3. The molecule has 2 rings (SSSR count). The monoisotopic (exact) mass is 253 g/mol. The number of rotatable bonds is 4. The number of hydrogen-bond donors (Lipinski definition) is 1. The van der Waals surface area contributed by atoms with Crippen molar-refractivity contribution in [3.63, 3.8) is 0 Å². The summed E-state index contributed by atoms with van der Waals surface area (Å²) in [6, 6.07) is -0.0259. The van der Waals surface area contributed by atoms with E-state index in [1.54, 1.807) is 9.80 Å². The summed E-state index contributed by atoms with van der Waals surface area (Å²) >= 11 is 0. The Morgan fingerprint density at radius 2 is 2.17 bits per heavy atom. The largest absolute Gasteiger partial charge is 0.332 e. The van der Waals surface area contributed by atoms with Gasteiger partial charge in [0.15, 0.2) is 0 Å². The standard InChI is InChI=1S/C13H23N3O2/c1-10(14)5-4-7-15-9-12(17)16-8-3-2-6-11(16)13(15)18/h10-11H,2-9,14H2,1H3. The number of carbonyl (C=O) groups excluding carboxylic acids is 2. The fourth-order valence-electron chi connectivity index (χ4n) is 2.82. The molecule has 0 spiro atoms. The van der Waals surface area contributed by atoms with Gasteiger partial charge in [0.2, 0.25) is 11.8 Å². The van der Waals surface area contributed by atoms with Crippen molar-refractivity contribution < 1.29 is 9.59 Å².